The first-order valence-electron chi connectivity index (χ1n) is 5.78. The summed E-state index contributed by atoms with van der Waals surface area (Å²) in [6.45, 7) is 7.86. The molecule has 1 fully saturated rings. The Balaban J connectivity index is 1.84. The van der Waals surface area contributed by atoms with E-state index in [-0.39, 0.29) is 6.10 Å². The van der Waals surface area contributed by atoms with Gasteiger partial charge in [0.2, 0.25) is 0 Å². The van der Waals surface area contributed by atoms with Crippen LogP contribution in [0.4, 0.5) is 0 Å². The van der Waals surface area contributed by atoms with Crippen LogP contribution in [0.5, 0.6) is 0 Å². The number of hydrogen-bond donors (Lipinski definition) is 1. The molecule has 16 heavy (non-hydrogen) atoms. The van der Waals surface area contributed by atoms with Crippen LogP contribution < -0.4 is 5.32 Å². The Morgan fingerprint density at radius 1 is 1.50 bits per heavy atom. The van der Waals surface area contributed by atoms with Gasteiger partial charge >= 0.3 is 0 Å². The maximum Gasteiger partial charge on any atom is 0.118 e. The maximum absolute atomic E-state index is 5.66. The number of nitrogens with one attached hydrogen (secondary N) is 1. The van der Waals surface area contributed by atoms with Gasteiger partial charge in [-0.05, 0) is 19.5 Å². The smallest absolute Gasteiger partial charge is 0.118 e. The molecule has 4 nitrogen and oxygen atoms in total. The SMILES string of the molecule is CCNCc1cc(COC2COC2)c(C)o1. The number of rotatable bonds is 6. The first kappa shape index (κ1) is 11.6. The lowest BCUT2D eigenvalue weighted by Gasteiger charge is -2.25. The van der Waals surface area contributed by atoms with E-state index < -0.39 is 0 Å². The van der Waals surface area contributed by atoms with Crippen molar-refractivity contribution in [3.05, 3.63) is 23.2 Å². The van der Waals surface area contributed by atoms with Gasteiger partial charge in [0.05, 0.1) is 26.4 Å². The van der Waals surface area contributed by atoms with E-state index in [0.717, 1.165) is 43.4 Å². The van der Waals surface area contributed by atoms with E-state index in [9.17, 15) is 0 Å². The second-order valence-electron chi connectivity index (χ2n) is 4.04. The molecule has 0 unspecified atom stereocenters. The van der Waals surface area contributed by atoms with Gasteiger partial charge in [0, 0.05) is 5.56 Å². The fraction of sp³-hybridized carbons (Fsp3) is 0.667. The zero-order valence-electron chi connectivity index (χ0n) is 9.91. The lowest BCUT2D eigenvalue weighted by molar-refractivity contribution is -0.135. The van der Waals surface area contributed by atoms with Crippen molar-refractivity contribution in [2.75, 3.05) is 19.8 Å². The van der Waals surface area contributed by atoms with Gasteiger partial charge in [-0.1, -0.05) is 6.92 Å². The molecule has 0 spiro atoms. The van der Waals surface area contributed by atoms with Gasteiger partial charge in [0.1, 0.15) is 17.6 Å². The molecule has 90 valence electrons. The Labute approximate surface area is 95.9 Å². The first-order valence-corrected chi connectivity index (χ1v) is 5.78. The van der Waals surface area contributed by atoms with Crippen molar-refractivity contribution in [1.29, 1.82) is 0 Å². The van der Waals surface area contributed by atoms with E-state index in [2.05, 4.69) is 18.3 Å². The molecule has 0 aliphatic carbocycles. The predicted molar refractivity (Wildman–Crippen MR) is 60.2 cm³/mol. The average Bonchev–Trinajstić information content (AvgIpc) is 2.54. The molecular weight excluding hydrogens is 206 g/mol. The fourth-order valence-corrected chi connectivity index (χ4v) is 1.58. The van der Waals surface area contributed by atoms with E-state index >= 15 is 0 Å². The van der Waals surface area contributed by atoms with Gasteiger partial charge in [-0.3, -0.25) is 0 Å². The molecule has 1 saturated heterocycles. The van der Waals surface area contributed by atoms with E-state index in [1.165, 1.54) is 0 Å². The Morgan fingerprint density at radius 2 is 2.31 bits per heavy atom. The third-order valence-corrected chi connectivity index (χ3v) is 2.70. The molecule has 0 saturated carbocycles. The second-order valence-corrected chi connectivity index (χ2v) is 4.04. The normalized spacial score (nSPS) is 16.4. The highest BCUT2D eigenvalue weighted by molar-refractivity contribution is 5.20. The quantitative estimate of drug-likeness (QED) is 0.799. The largest absolute Gasteiger partial charge is 0.465 e. The molecule has 1 aliphatic rings. The molecule has 1 N–H and O–H groups in total. The number of aryl methyl sites for hydroxylation is 1. The molecule has 4 heteroatoms. The van der Waals surface area contributed by atoms with Crippen LogP contribution >= 0.6 is 0 Å². The third-order valence-electron chi connectivity index (χ3n) is 2.70. The third kappa shape index (κ3) is 2.84. The monoisotopic (exact) mass is 225 g/mol. The zero-order chi connectivity index (χ0) is 11.4. The van der Waals surface area contributed by atoms with Crippen LogP contribution in [0.15, 0.2) is 10.5 Å². The molecule has 1 aromatic heterocycles. The lowest BCUT2D eigenvalue weighted by atomic mass is 10.2. The number of ether oxygens (including phenoxy) is 2. The molecule has 2 heterocycles. The Kier molecular flexibility index (Phi) is 3.98. The van der Waals surface area contributed by atoms with Crippen molar-refractivity contribution in [3.8, 4) is 0 Å². The number of furan rings is 1. The standard InChI is InChI=1S/C12H19NO3/c1-3-13-5-11-4-10(9(2)16-11)6-15-12-7-14-8-12/h4,12-13H,3,5-8H2,1-2H3. The van der Waals surface area contributed by atoms with E-state index in [0.29, 0.717) is 6.61 Å². The van der Waals surface area contributed by atoms with Crippen molar-refractivity contribution in [3.63, 3.8) is 0 Å². The summed E-state index contributed by atoms with van der Waals surface area (Å²) in [6, 6.07) is 2.07. The predicted octanol–water partition coefficient (Wildman–Crippen LogP) is 1.61. The molecule has 0 atom stereocenters. The Morgan fingerprint density at radius 3 is 2.94 bits per heavy atom. The van der Waals surface area contributed by atoms with Crippen LogP contribution in [-0.2, 0) is 22.6 Å². The summed E-state index contributed by atoms with van der Waals surface area (Å²) in [7, 11) is 0. The van der Waals surface area contributed by atoms with Crippen LogP contribution in [0.1, 0.15) is 24.0 Å². The van der Waals surface area contributed by atoms with Crippen LogP contribution in [-0.4, -0.2) is 25.9 Å². The van der Waals surface area contributed by atoms with Crippen LogP contribution in [0.25, 0.3) is 0 Å². The van der Waals surface area contributed by atoms with Crippen LogP contribution in [0.3, 0.4) is 0 Å². The number of hydrogen-bond acceptors (Lipinski definition) is 4. The van der Waals surface area contributed by atoms with Crippen molar-refractivity contribution in [1.82, 2.24) is 5.32 Å². The topological polar surface area (TPSA) is 43.6 Å². The Hall–Kier alpha value is -0.840. The maximum atomic E-state index is 5.66. The highest BCUT2D eigenvalue weighted by Crippen LogP contribution is 2.17. The van der Waals surface area contributed by atoms with E-state index in [1.807, 2.05) is 6.92 Å². The lowest BCUT2D eigenvalue weighted by Crippen LogP contribution is -2.35. The molecule has 2 rings (SSSR count). The minimum absolute atomic E-state index is 0.270. The summed E-state index contributed by atoms with van der Waals surface area (Å²) in [4.78, 5) is 0. The van der Waals surface area contributed by atoms with E-state index in [4.69, 9.17) is 13.9 Å². The van der Waals surface area contributed by atoms with Crippen molar-refractivity contribution in [2.45, 2.75) is 33.1 Å². The summed E-state index contributed by atoms with van der Waals surface area (Å²) < 4.78 is 16.3. The summed E-state index contributed by atoms with van der Waals surface area (Å²) in [5.74, 6) is 1.93. The molecule has 0 bridgehead atoms. The average molecular weight is 225 g/mol. The summed E-state index contributed by atoms with van der Waals surface area (Å²) in [6.07, 6.45) is 0.270. The van der Waals surface area contributed by atoms with Gasteiger partial charge in [-0.25, -0.2) is 0 Å². The van der Waals surface area contributed by atoms with Gasteiger partial charge in [0.15, 0.2) is 0 Å². The molecular formula is C12H19NO3. The van der Waals surface area contributed by atoms with Gasteiger partial charge in [0.25, 0.3) is 0 Å². The molecule has 0 amide bonds. The molecule has 0 aromatic carbocycles. The first-order chi connectivity index (χ1) is 7.79. The van der Waals surface area contributed by atoms with Gasteiger partial charge in [-0.15, -0.1) is 0 Å². The highest BCUT2D eigenvalue weighted by atomic mass is 16.6. The van der Waals surface area contributed by atoms with Gasteiger partial charge < -0.3 is 19.2 Å². The summed E-state index contributed by atoms with van der Waals surface area (Å²) >= 11 is 0. The van der Waals surface area contributed by atoms with Crippen LogP contribution in [0, 0.1) is 6.92 Å². The van der Waals surface area contributed by atoms with E-state index in [1.54, 1.807) is 0 Å². The van der Waals surface area contributed by atoms with Crippen LogP contribution in [0.2, 0.25) is 0 Å². The molecule has 1 aromatic rings. The summed E-state index contributed by atoms with van der Waals surface area (Å²) in [5, 5.41) is 3.24. The Bertz CT molecular complexity index is 331. The zero-order valence-corrected chi connectivity index (χ0v) is 9.91. The van der Waals surface area contributed by atoms with Crippen molar-refractivity contribution >= 4 is 0 Å². The molecule has 1 aliphatic heterocycles. The van der Waals surface area contributed by atoms with Gasteiger partial charge in [-0.2, -0.15) is 0 Å². The van der Waals surface area contributed by atoms with Crippen molar-refractivity contribution < 1.29 is 13.9 Å². The summed E-state index contributed by atoms with van der Waals surface area (Å²) in [5.41, 5.74) is 1.14. The minimum Gasteiger partial charge on any atom is -0.465 e. The second kappa shape index (κ2) is 5.48. The minimum atomic E-state index is 0.270. The fourth-order valence-electron chi connectivity index (χ4n) is 1.58. The van der Waals surface area contributed by atoms with Crippen molar-refractivity contribution in [2.24, 2.45) is 0 Å². The highest BCUT2D eigenvalue weighted by Gasteiger charge is 2.19. The molecule has 0 radical (unpaired) electrons.